The number of nitrogens with two attached hydrogens (primary N) is 1. The number of fused-ring (bicyclic) bond motifs is 1. The van der Waals surface area contributed by atoms with Crippen LogP contribution in [0.25, 0.3) is 16.8 Å². The van der Waals surface area contributed by atoms with E-state index in [0.29, 0.717) is 11.2 Å². The van der Waals surface area contributed by atoms with Gasteiger partial charge in [-0.3, -0.25) is 5.32 Å². The molecule has 0 aliphatic rings. The molecule has 7 nitrogen and oxygen atoms in total. The van der Waals surface area contributed by atoms with Crippen LogP contribution in [-0.2, 0) is 4.74 Å². The number of hydrogen-bond donors (Lipinski definition) is 2. The summed E-state index contributed by atoms with van der Waals surface area (Å²) in [6.07, 6.45) is 0.993. The zero-order valence-corrected chi connectivity index (χ0v) is 14.1. The maximum atomic E-state index is 14.3. The molecule has 0 atom stereocenters. The Hall–Kier alpha value is -3.16. The third-order valence-corrected chi connectivity index (χ3v) is 3.29. The molecule has 0 radical (unpaired) electrons. The summed E-state index contributed by atoms with van der Waals surface area (Å²) in [7, 11) is 0. The first-order valence-corrected chi connectivity index (χ1v) is 7.63. The summed E-state index contributed by atoms with van der Waals surface area (Å²) in [5.74, 6) is -0.401. The molecular formula is C17H18FN5O2. The second kappa shape index (κ2) is 6.04. The normalized spacial score (nSPS) is 11.5. The fraction of sp³-hybridized carbons (Fsp3) is 0.235. The van der Waals surface area contributed by atoms with Crippen molar-refractivity contribution < 1.29 is 13.9 Å². The number of nitrogens with one attached hydrogen (secondary N) is 1. The number of pyridine rings is 1. The minimum Gasteiger partial charge on any atom is -0.444 e. The van der Waals surface area contributed by atoms with E-state index in [0.717, 1.165) is 5.56 Å². The number of amides is 1. The van der Waals surface area contributed by atoms with E-state index in [1.54, 1.807) is 45.2 Å². The molecule has 0 aliphatic heterocycles. The molecule has 25 heavy (non-hydrogen) atoms. The zero-order valence-electron chi connectivity index (χ0n) is 14.1. The van der Waals surface area contributed by atoms with Gasteiger partial charge in [-0.2, -0.15) is 4.98 Å². The standard InChI is InChI=1S/C17H18FN5O2/c1-17(2,3)25-16(24)20-13-6-4-10(8-12(13)18)11-5-7-14-21-15(19)22-23(14)9-11/h4-9H,1-3H3,(H2,19,22)(H,20,24). The summed E-state index contributed by atoms with van der Waals surface area (Å²) in [6.45, 7) is 5.21. The van der Waals surface area contributed by atoms with Crippen molar-refractivity contribution in [3.05, 3.63) is 42.3 Å². The Morgan fingerprint density at radius 2 is 1.96 bits per heavy atom. The molecule has 3 rings (SSSR count). The molecule has 0 fully saturated rings. The van der Waals surface area contributed by atoms with Gasteiger partial charge < -0.3 is 10.5 Å². The number of halogens is 1. The van der Waals surface area contributed by atoms with E-state index in [1.165, 1.54) is 16.6 Å². The molecule has 0 aliphatic carbocycles. The summed E-state index contributed by atoms with van der Waals surface area (Å²) >= 11 is 0. The first-order valence-electron chi connectivity index (χ1n) is 7.63. The fourth-order valence-electron chi connectivity index (χ4n) is 2.28. The maximum Gasteiger partial charge on any atom is 0.412 e. The van der Waals surface area contributed by atoms with Crippen molar-refractivity contribution in [1.82, 2.24) is 14.6 Å². The van der Waals surface area contributed by atoms with E-state index in [9.17, 15) is 9.18 Å². The Morgan fingerprint density at radius 1 is 1.24 bits per heavy atom. The molecule has 0 saturated carbocycles. The Balaban J connectivity index is 1.84. The molecule has 2 aromatic heterocycles. The van der Waals surface area contributed by atoms with E-state index in [2.05, 4.69) is 15.4 Å². The largest absolute Gasteiger partial charge is 0.444 e. The van der Waals surface area contributed by atoms with Gasteiger partial charge in [-0.05, 0) is 50.6 Å². The van der Waals surface area contributed by atoms with Gasteiger partial charge in [0.25, 0.3) is 0 Å². The van der Waals surface area contributed by atoms with Gasteiger partial charge in [0.15, 0.2) is 5.65 Å². The topological polar surface area (TPSA) is 94.5 Å². The van der Waals surface area contributed by atoms with Crippen LogP contribution in [0.5, 0.6) is 0 Å². The Kier molecular flexibility index (Phi) is 4.03. The third-order valence-electron chi connectivity index (χ3n) is 3.29. The number of nitrogen functional groups attached to an aromatic ring is 1. The lowest BCUT2D eigenvalue weighted by Gasteiger charge is -2.19. The van der Waals surface area contributed by atoms with Crippen LogP contribution in [-0.4, -0.2) is 26.3 Å². The number of carbonyl (C=O) groups is 1. The number of benzene rings is 1. The molecular weight excluding hydrogens is 325 g/mol. The molecule has 8 heteroatoms. The molecule has 1 aromatic carbocycles. The van der Waals surface area contributed by atoms with Crippen LogP contribution in [0.2, 0.25) is 0 Å². The van der Waals surface area contributed by atoms with Crippen LogP contribution >= 0.6 is 0 Å². The van der Waals surface area contributed by atoms with Crippen LogP contribution in [0.3, 0.4) is 0 Å². The van der Waals surface area contributed by atoms with Crippen molar-refractivity contribution in [1.29, 1.82) is 0 Å². The second-order valence-corrected chi connectivity index (χ2v) is 6.51. The lowest BCUT2D eigenvalue weighted by atomic mass is 10.1. The Bertz CT molecular complexity index is 946. The minimum absolute atomic E-state index is 0.0454. The Labute approximate surface area is 143 Å². The van der Waals surface area contributed by atoms with Gasteiger partial charge in [0, 0.05) is 11.8 Å². The molecule has 130 valence electrons. The van der Waals surface area contributed by atoms with Crippen molar-refractivity contribution in [3.63, 3.8) is 0 Å². The first-order chi connectivity index (χ1) is 11.7. The summed E-state index contributed by atoms with van der Waals surface area (Å²) < 4.78 is 21.0. The number of hydrogen-bond acceptors (Lipinski definition) is 5. The second-order valence-electron chi connectivity index (χ2n) is 6.51. The van der Waals surface area contributed by atoms with Gasteiger partial charge in [-0.15, -0.1) is 5.10 Å². The number of aromatic nitrogens is 3. The van der Waals surface area contributed by atoms with E-state index < -0.39 is 17.5 Å². The smallest absolute Gasteiger partial charge is 0.412 e. The van der Waals surface area contributed by atoms with Crippen molar-refractivity contribution >= 4 is 23.4 Å². The van der Waals surface area contributed by atoms with E-state index in [-0.39, 0.29) is 11.6 Å². The van der Waals surface area contributed by atoms with E-state index in [1.807, 2.05) is 0 Å². The number of carbonyl (C=O) groups excluding carboxylic acids is 1. The number of ether oxygens (including phenoxy) is 1. The van der Waals surface area contributed by atoms with Crippen molar-refractivity contribution in [2.24, 2.45) is 0 Å². The van der Waals surface area contributed by atoms with Crippen LogP contribution in [0.1, 0.15) is 20.8 Å². The number of rotatable bonds is 2. The van der Waals surface area contributed by atoms with Gasteiger partial charge >= 0.3 is 6.09 Å². The van der Waals surface area contributed by atoms with Gasteiger partial charge in [0.05, 0.1) is 5.69 Å². The number of nitrogens with zero attached hydrogens (tertiary/aromatic N) is 3. The van der Waals surface area contributed by atoms with Gasteiger partial charge in [-0.1, -0.05) is 6.07 Å². The van der Waals surface area contributed by atoms with E-state index in [4.69, 9.17) is 10.5 Å². The van der Waals surface area contributed by atoms with Crippen molar-refractivity contribution in [3.8, 4) is 11.1 Å². The first kappa shape index (κ1) is 16.7. The predicted molar refractivity (Wildman–Crippen MR) is 92.7 cm³/mol. The van der Waals surface area contributed by atoms with Crippen LogP contribution in [0.15, 0.2) is 36.5 Å². The highest BCUT2D eigenvalue weighted by Gasteiger charge is 2.17. The van der Waals surface area contributed by atoms with Crippen molar-refractivity contribution in [2.75, 3.05) is 11.1 Å². The molecule has 0 spiro atoms. The lowest BCUT2D eigenvalue weighted by molar-refractivity contribution is 0.0635. The van der Waals surface area contributed by atoms with Crippen LogP contribution < -0.4 is 11.1 Å². The van der Waals surface area contributed by atoms with Gasteiger partial charge in [0.2, 0.25) is 5.95 Å². The van der Waals surface area contributed by atoms with Crippen LogP contribution in [0.4, 0.5) is 20.8 Å². The molecule has 2 heterocycles. The molecule has 0 unspecified atom stereocenters. The lowest BCUT2D eigenvalue weighted by Crippen LogP contribution is -2.27. The van der Waals surface area contributed by atoms with Crippen LogP contribution in [0, 0.1) is 5.82 Å². The average Bonchev–Trinajstić information content (AvgIpc) is 2.86. The molecule has 0 bridgehead atoms. The SMILES string of the molecule is CC(C)(C)OC(=O)Nc1ccc(-c2ccc3nc(N)nn3c2)cc1F. The average molecular weight is 343 g/mol. The molecule has 3 N–H and O–H groups in total. The summed E-state index contributed by atoms with van der Waals surface area (Å²) in [4.78, 5) is 15.8. The summed E-state index contributed by atoms with van der Waals surface area (Å²) in [5.41, 5.74) is 6.91. The zero-order chi connectivity index (χ0) is 18.2. The maximum absolute atomic E-state index is 14.3. The predicted octanol–water partition coefficient (Wildman–Crippen LogP) is 3.46. The van der Waals surface area contributed by atoms with Crippen molar-refractivity contribution in [2.45, 2.75) is 26.4 Å². The quantitative estimate of drug-likeness (QED) is 0.743. The van der Waals surface area contributed by atoms with E-state index >= 15 is 0 Å². The third kappa shape index (κ3) is 3.85. The highest BCUT2D eigenvalue weighted by molar-refractivity contribution is 5.85. The molecule has 0 saturated heterocycles. The monoisotopic (exact) mass is 343 g/mol. The molecule has 1 amide bonds. The van der Waals surface area contributed by atoms with Gasteiger partial charge in [0.1, 0.15) is 11.4 Å². The minimum atomic E-state index is -0.710. The summed E-state index contributed by atoms with van der Waals surface area (Å²) in [5, 5.41) is 6.43. The summed E-state index contributed by atoms with van der Waals surface area (Å²) in [6, 6.07) is 8.03. The number of anilines is 2. The molecule has 3 aromatic rings. The fourth-order valence-corrected chi connectivity index (χ4v) is 2.28. The highest BCUT2D eigenvalue weighted by Crippen LogP contribution is 2.25. The Morgan fingerprint density at radius 3 is 2.64 bits per heavy atom. The van der Waals surface area contributed by atoms with Gasteiger partial charge in [-0.25, -0.2) is 13.7 Å². The highest BCUT2D eigenvalue weighted by atomic mass is 19.1.